The van der Waals surface area contributed by atoms with Crippen molar-refractivity contribution in [2.45, 2.75) is 50.9 Å². The van der Waals surface area contributed by atoms with Crippen molar-refractivity contribution in [1.29, 1.82) is 5.41 Å². The summed E-state index contributed by atoms with van der Waals surface area (Å²) >= 11 is 0. The molecule has 2 aliphatic carbocycles. The monoisotopic (exact) mass is 369 g/mol. The van der Waals surface area contributed by atoms with Gasteiger partial charge in [-0.25, -0.2) is 9.97 Å². The van der Waals surface area contributed by atoms with Crippen LogP contribution in [0.4, 0.5) is 5.82 Å². The summed E-state index contributed by atoms with van der Waals surface area (Å²) < 4.78 is 11.7. The Morgan fingerprint density at radius 3 is 2.96 bits per heavy atom. The van der Waals surface area contributed by atoms with Crippen LogP contribution in [0.1, 0.15) is 38.8 Å². The highest BCUT2D eigenvalue weighted by Gasteiger charge is 2.41. The lowest BCUT2D eigenvalue weighted by atomic mass is 9.94. The normalized spacial score (nSPS) is 27.0. The van der Waals surface area contributed by atoms with Gasteiger partial charge in [-0.05, 0) is 32.8 Å². The van der Waals surface area contributed by atoms with Crippen LogP contribution < -0.4 is 10.6 Å². The van der Waals surface area contributed by atoms with Gasteiger partial charge in [0.2, 0.25) is 0 Å². The van der Waals surface area contributed by atoms with Crippen molar-refractivity contribution in [2.24, 2.45) is 5.73 Å². The smallest absolute Gasteiger partial charge is 0.133 e. The van der Waals surface area contributed by atoms with Crippen LogP contribution in [0.15, 0.2) is 35.8 Å². The van der Waals surface area contributed by atoms with Gasteiger partial charge in [-0.15, -0.1) is 0 Å². The van der Waals surface area contributed by atoms with E-state index in [0.29, 0.717) is 36.7 Å². The molecule has 1 saturated heterocycles. The van der Waals surface area contributed by atoms with Crippen LogP contribution >= 0.6 is 0 Å². The van der Waals surface area contributed by atoms with Crippen LogP contribution in [0.2, 0.25) is 0 Å². The predicted molar refractivity (Wildman–Crippen MR) is 104 cm³/mol. The molecular formula is C20H27N5O2. The molecule has 2 atom stereocenters. The van der Waals surface area contributed by atoms with E-state index >= 15 is 0 Å². The number of allylic oxidation sites excluding steroid dienone is 1. The molecule has 1 aromatic heterocycles. The van der Waals surface area contributed by atoms with Crippen LogP contribution in [0.5, 0.6) is 0 Å². The number of nitrogens with one attached hydrogen (secondary N) is 1. The number of hydrogen-bond acceptors (Lipinski definition) is 7. The lowest BCUT2D eigenvalue weighted by Gasteiger charge is -2.34. The Bertz CT molecular complexity index is 799. The molecule has 1 aromatic rings. The second-order valence-electron chi connectivity index (χ2n) is 7.86. The summed E-state index contributed by atoms with van der Waals surface area (Å²) in [5.74, 6) is 0.823. The summed E-state index contributed by atoms with van der Waals surface area (Å²) in [7, 11) is 0. The topological polar surface area (TPSA) is 97.4 Å². The number of hydrogen-bond donors (Lipinski definition) is 2. The fraction of sp³-hybridized carbons (Fsp3) is 0.550. The van der Waals surface area contributed by atoms with Crippen LogP contribution in [-0.2, 0) is 9.47 Å². The highest BCUT2D eigenvalue weighted by Crippen LogP contribution is 2.41. The van der Waals surface area contributed by atoms with E-state index in [-0.39, 0.29) is 17.7 Å². The van der Waals surface area contributed by atoms with Gasteiger partial charge >= 0.3 is 0 Å². The van der Waals surface area contributed by atoms with Gasteiger partial charge in [0.25, 0.3) is 0 Å². The van der Waals surface area contributed by atoms with E-state index in [1.54, 1.807) is 0 Å². The van der Waals surface area contributed by atoms with Gasteiger partial charge in [0.15, 0.2) is 0 Å². The van der Waals surface area contributed by atoms with Crippen LogP contribution in [-0.4, -0.2) is 53.2 Å². The molecule has 27 heavy (non-hydrogen) atoms. The molecular weight excluding hydrogens is 342 g/mol. The fourth-order valence-corrected chi connectivity index (χ4v) is 3.55. The van der Waals surface area contributed by atoms with Crippen LogP contribution in [0.25, 0.3) is 0 Å². The van der Waals surface area contributed by atoms with Crippen molar-refractivity contribution < 1.29 is 9.47 Å². The maximum absolute atomic E-state index is 8.69. The number of nitrogens with two attached hydrogens (primary N) is 1. The van der Waals surface area contributed by atoms with Gasteiger partial charge in [0, 0.05) is 30.3 Å². The van der Waals surface area contributed by atoms with E-state index in [1.807, 2.05) is 18.2 Å². The number of ether oxygens (including phenoxy) is 2. The van der Waals surface area contributed by atoms with Crippen molar-refractivity contribution in [3.05, 3.63) is 41.5 Å². The molecule has 1 aliphatic heterocycles. The number of nitrogens with zero attached hydrogens (tertiary/aromatic N) is 3. The maximum Gasteiger partial charge on any atom is 0.133 e. The lowest BCUT2D eigenvalue weighted by molar-refractivity contribution is 0.00640. The predicted octanol–water partition coefficient (Wildman–Crippen LogP) is 2.18. The van der Waals surface area contributed by atoms with Gasteiger partial charge in [0.1, 0.15) is 12.1 Å². The molecule has 1 saturated carbocycles. The minimum atomic E-state index is -0.0410. The quantitative estimate of drug-likeness (QED) is 0.772. The number of aromatic nitrogens is 2. The summed E-state index contributed by atoms with van der Waals surface area (Å²) in [6, 6.07) is 2.12. The Labute approximate surface area is 159 Å². The average molecular weight is 369 g/mol. The van der Waals surface area contributed by atoms with Gasteiger partial charge in [-0.2, -0.15) is 0 Å². The van der Waals surface area contributed by atoms with E-state index in [9.17, 15) is 0 Å². The molecule has 3 aliphatic rings. The fourth-order valence-electron chi connectivity index (χ4n) is 3.55. The molecule has 7 nitrogen and oxygen atoms in total. The summed E-state index contributed by atoms with van der Waals surface area (Å²) in [5.41, 5.74) is 8.50. The highest BCUT2D eigenvalue weighted by atomic mass is 16.5. The van der Waals surface area contributed by atoms with E-state index in [0.717, 1.165) is 30.8 Å². The number of morpholine rings is 1. The van der Waals surface area contributed by atoms with Crippen molar-refractivity contribution >= 4 is 11.5 Å². The standard InChI is InChI=1S/C20H27N5O2/c1-13-11-26-8-7-25(13)18-10-17(23-12-24-18)19(22)15-9-14(3-4-16(15)21)27-20(2)5-6-20/h3-4,10,12-14,22H,5-9,11,21H2,1-2H3/t13-,14?/m1/s1. The SMILES string of the molecule is C[C@@H]1COCCN1c1cc(C(=N)C2=C(N)C=CC(OC3(C)CC3)C2)ncn1. The highest BCUT2D eigenvalue weighted by molar-refractivity contribution is 6.10. The van der Waals surface area contributed by atoms with E-state index in [2.05, 4.69) is 28.7 Å². The molecule has 0 radical (unpaired) electrons. The molecule has 2 fully saturated rings. The van der Waals surface area contributed by atoms with E-state index in [1.165, 1.54) is 6.33 Å². The average Bonchev–Trinajstić information content (AvgIpc) is 3.40. The third-order valence-corrected chi connectivity index (χ3v) is 5.51. The summed E-state index contributed by atoms with van der Waals surface area (Å²) in [4.78, 5) is 10.9. The number of rotatable bonds is 5. The first-order valence-corrected chi connectivity index (χ1v) is 9.55. The van der Waals surface area contributed by atoms with Crippen LogP contribution in [0.3, 0.4) is 0 Å². The van der Waals surface area contributed by atoms with Gasteiger partial charge in [0.05, 0.1) is 42.4 Å². The molecule has 0 aromatic carbocycles. The van der Waals surface area contributed by atoms with Crippen molar-refractivity contribution in [2.75, 3.05) is 24.7 Å². The van der Waals surface area contributed by atoms with Crippen molar-refractivity contribution in [1.82, 2.24) is 9.97 Å². The Morgan fingerprint density at radius 1 is 1.41 bits per heavy atom. The van der Waals surface area contributed by atoms with Gasteiger partial charge < -0.3 is 20.1 Å². The van der Waals surface area contributed by atoms with Gasteiger partial charge in [-0.1, -0.05) is 6.08 Å². The molecule has 2 heterocycles. The molecule has 7 heteroatoms. The zero-order chi connectivity index (χ0) is 19.0. The Morgan fingerprint density at radius 2 is 2.22 bits per heavy atom. The van der Waals surface area contributed by atoms with E-state index in [4.69, 9.17) is 20.6 Å². The van der Waals surface area contributed by atoms with Crippen molar-refractivity contribution in [3.8, 4) is 0 Å². The molecule has 0 spiro atoms. The molecule has 144 valence electrons. The summed E-state index contributed by atoms with van der Waals surface area (Å²) in [6.07, 6.45) is 8.12. The molecule has 3 N–H and O–H groups in total. The third kappa shape index (κ3) is 3.89. The second-order valence-corrected chi connectivity index (χ2v) is 7.86. The minimum Gasteiger partial charge on any atom is -0.398 e. The Hall–Kier alpha value is -2.25. The van der Waals surface area contributed by atoms with Gasteiger partial charge in [-0.3, -0.25) is 5.41 Å². The van der Waals surface area contributed by atoms with E-state index < -0.39 is 0 Å². The third-order valence-electron chi connectivity index (χ3n) is 5.51. The molecule has 4 rings (SSSR count). The first-order chi connectivity index (χ1) is 13.0. The minimum absolute atomic E-state index is 0.0109. The zero-order valence-electron chi connectivity index (χ0n) is 15.9. The largest absolute Gasteiger partial charge is 0.398 e. The molecule has 0 amide bonds. The summed E-state index contributed by atoms with van der Waals surface area (Å²) in [6.45, 7) is 6.39. The number of anilines is 1. The maximum atomic E-state index is 8.69. The lowest BCUT2D eigenvalue weighted by Crippen LogP contribution is -2.44. The molecule has 1 unspecified atom stereocenters. The Balaban J connectivity index is 1.53. The summed E-state index contributed by atoms with van der Waals surface area (Å²) in [5, 5.41) is 8.69. The first-order valence-electron chi connectivity index (χ1n) is 9.55. The second kappa shape index (κ2) is 7.05. The van der Waals surface area contributed by atoms with Crippen LogP contribution in [0, 0.1) is 5.41 Å². The zero-order valence-corrected chi connectivity index (χ0v) is 15.9. The van der Waals surface area contributed by atoms with Crippen molar-refractivity contribution in [3.63, 3.8) is 0 Å². The molecule has 0 bridgehead atoms. The first kappa shape index (κ1) is 18.1. The Kier molecular flexibility index (Phi) is 4.74.